The summed E-state index contributed by atoms with van der Waals surface area (Å²) in [5, 5.41) is 17.2. The van der Waals surface area contributed by atoms with Crippen molar-refractivity contribution in [2.24, 2.45) is 0 Å². The Hall–Kier alpha value is -1.70. The predicted octanol–water partition coefficient (Wildman–Crippen LogP) is -0.860. The maximum Gasteiger partial charge on any atom is 0.247 e. The van der Waals surface area contributed by atoms with E-state index in [9.17, 15) is 14.8 Å². The highest BCUT2D eigenvalue weighted by Crippen LogP contribution is 2.12. The van der Waals surface area contributed by atoms with E-state index in [1.165, 1.54) is 6.08 Å². The smallest absolute Gasteiger partial charge is 0.247 e. The number of carbonyl (C=O) groups is 2. The highest BCUT2D eigenvalue weighted by Gasteiger charge is 2.31. The quantitative estimate of drug-likeness (QED) is 0.327. The van der Waals surface area contributed by atoms with Gasteiger partial charge in [0.05, 0.1) is 12.6 Å². The highest BCUT2D eigenvalue weighted by atomic mass is 16.6. The average molecular weight is 254 g/mol. The molecule has 0 saturated carbocycles. The van der Waals surface area contributed by atoms with Gasteiger partial charge in [0, 0.05) is 13.0 Å². The fourth-order valence-corrected chi connectivity index (χ4v) is 1.67. The molecule has 1 saturated heterocycles. The Balaban J connectivity index is 2.34. The molecule has 0 aromatic rings. The van der Waals surface area contributed by atoms with Crippen molar-refractivity contribution < 1.29 is 14.3 Å². The van der Waals surface area contributed by atoms with Crippen LogP contribution in [-0.4, -0.2) is 42.4 Å². The minimum absolute atomic E-state index is 0.0588. The Kier molecular flexibility index (Phi) is 5.02. The van der Waals surface area contributed by atoms with Gasteiger partial charge in [0.2, 0.25) is 11.8 Å². The van der Waals surface area contributed by atoms with Crippen LogP contribution in [0.2, 0.25) is 0 Å². The zero-order chi connectivity index (χ0) is 13.6. The van der Waals surface area contributed by atoms with Crippen LogP contribution in [0, 0.1) is 5.21 Å². The fraction of sp³-hybridized carbons (Fsp3) is 0.455. The van der Waals surface area contributed by atoms with Crippen LogP contribution >= 0.6 is 0 Å². The predicted molar refractivity (Wildman–Crippen MR) is 66.4 cm³/mol. The van der Waals surface area contributed by atoms with Crippen molar-refractivity contribution >= 4 is 11.8 Å². The van der Waals surface area contributed by atoms with Gasteiger partial charge in [-0.25, -0.2) is 0 Å². The molecule has 1 rings (SSSR count). The van der Waals surface area contributed by atoms with Gasteiger partial charge in [-0.3, -0.25) is 14.3 Å². The number of hydrogen-bond donors (Lipinski definition) is 3. The summed E-state index contributed by atoms with van der Waals surface area (Å²) < 4.78 is -0.700. The van der Waals surface area contributed by atoms with Crippen molar-refractivity contribution in [3.63, 3.8) is 0 Å². The first-order chi connectivity index (χ1) is 8.49. The summed E-state index contributed by atoms with van der Waals surface area (Å²) >= 11 is 0. The highest BCUT2D eigenvalue weighted by molar-refractivity contribution is 5.87. The van der Waals surface area contributed by atoms with Gasteiger partial charge in [-0.05, 0) is 12.2 Å². The lowest BCUT2D eigenvalue weighted by atomic mass is 10.2. The summed E-state index contributed by atoms with van der Waals surface area (Å²) in [4.78, 5) is 21.9. The van der Waals surface area contributed by atoms with E-state index >= 15 is 0 Å². The molecule has 2 atom stereocenters. The number of nitrogens with one attached hydrogen (secondary N) is 3. The van der Waals surface area contributed by atoms with Crippen LogP contribution in [0.4, 0.5) is 0 Å². The van der Waals surface area contributed by atoms with Crippen molar-refractivity contribution in [3.05, 3.63) is 30.5 Å². The van der Waals surface area contributed by atoms with Crippen molar-refractivity contribution in [2.75, 3.05) is 19.8 Å². The summed E-state index contributed by atoms with van der Waals surface area (Å²) in [5.74, 6) is -0.652. The molecule has 0 radical (unpaired) electrons. The van der Waals surface area contributed by atoms with E-state index in [1.54, 1.807) is 0 Å². The van der Waals surface area contributed by atoms with Gasteiger partial charge in [0.1, 0.15) is 0 Å². The van der Waals surface area contributed by atoms with E-state index in [4.69, 9.17) is 0 Å². The molecule has 0 bridgehead atoms. The lowest BCUT2D eigenvalue weighted by Crippen LogP contribution is -2.57. The number of carbonyl (C=O) groups excluding carboxylic acids is 2. The normalized spacial score (nSPS) is 26.4. The number of amides is 2. The first-order valence-electron chi connectivity index (χ1n) is 5.65. The molecule has 18 heavy (non-hydrogen) atoms. The third-order valence-electron chi connectivity index (χ3n) is 2.66. The van der Waals surface area contributed by atoms with E-state index in [-0.39, 0.29) is 24.5 Å². The molecule has 100 valence electrons. The molecule has 1 heterocycles. The third kappa shape index (κ3) is 4.28. The molecule has 1 aliphatic rings. The topological polar surface area (TPSA) is 93.3 Å². The number of hydroxylamine groups is 2. The first kappa shape index (κ1) is 14.4. The molecule has 1 aliphatic heterocycles. The van der Waals surface area contributed by atoms with Crippen molar-refractivity contribution in [1.82, 2.24) is 16.1 Å². The average Bonchev–Trinajstić information content (AvgIpc) is 2.75. The lowest BCUT2D eigenvalue weighted by Gasteiger charge is -2.37. The van der Waals surface area contributed by atoms with Crippen LogP contribution in [0.3, 0.4) is 0 Å². The van der Waals surface area contributed by atoms with Crippen LogP contribution in [0.15, 0.2) is 25.3 Å². The second kappa shape index (κ2) is 6.29. The third-order valence-corrected chi connectivity index (χ3v) is 2.66. The molecule has 7 heteroatoms. The standard InChI is InChI=1S/C11H18N4O3/c1-3-10(16)12-7-9-5-6-15(18,14-9)8-13-11(17)4-2/h3-4,9,14H,1-2,5-8H2,(H,12,16)(H,13,17). The molecule has 0 aromatic heterocycles. The minimum atomic E-state index is -0.700. The lowest BCUT2D eigenvalue weighted by molar-refractivity contribution is -0.914. The van der Waals surface area contributed by atoms with Crippen LogP contribution in [-0.2, 0) is 9.59 Å². The maximum absolute atomic E-state index is 12.1. The summed E-state index contributed by atoms with van der Waals surface area (Å²) in [5.41, 5.74) is 2.81. The van der Waals surface area contributed by atoms with E-state index in [1.807, 2.05) is 0 Å². The van der Waals surface area contributed by atoms with E-state index in [2.05, 4.69) is 29.2 Å². The number of quaternary nitrogens is 1. The second-order valence-corrected chi connectivity index (χ2v) is 4.08. The van der Waals surface area contributed by atoms with Crippen LogP contribution in [0.25, 0.3) is 0 Å². The van der Waals surface area contributed by atoms with Crippen LogP contribution < -0.4 is 16.1 Å². The van der Waals surface area contributed by atoms with Crippen molar-refractivity contribution in [1.29, 1.82) is 0 Å². The van der Waals surface area contributed by atoms with Gasteiger partial charge in [-0.15, -0.1) is 0 Å². The van der Waals surface area contributed by atoms with Crippen LogP contribution in [0.1, 0.15) is 6.42 Å². The van der Waals surface area contributed by atoms with Gasteiger partial charge in [-0.2, -0.15) is 5.43 Å². The van der Waals surface area contributed by atoms with E-state index in [0.717, 1.165) is 6.08 Å². The molecule has 7 nitrogen and oxygen atoms in total. The first-order valence-corrected chi connectivity index (χ1v) is 5.65. The molecular formula is C11H18N4O3. The molecule has 2 amide bonds. The summed E-state index contributed by atoms with van der Waals surface area (Å²) in [6.45, 7) is 7.29. The largest absolute Gasteiger partial charge is 0.610 e. The van der Waals surface area contributed by atoms with Crippen molar-refractivity contribution in [3.8, 4) is 0 Å². The minimum Gasteiger partial charge on any atom is -0.610 e. The zero-order valence-corrected chi connectivity index (χ0v) is 10.1. The maximum atomic E-state index is 12.1. The fourth-order valence-electron chi connectivity index (χ4n) is 1.67. The van der Waals surface area contributed by atoms with Gasteiger partial charge >= 0.3 is 0 Å². The summed E-state index contributed by atoms with van der Waals surface area (Å²) in [6, 6.07) is -0.105. The van der Waals surface area contributed by atoms with E-state index in [0.29, 0.717) is 19.5 Å². The summed E-state index contributed by atoms with van der Waals surface area (Å²) in [7, 11) is 0. The molecule has 0 aromatic carbocycles. The van der Waals surface area contributed by atoms with E-state index < -0.39 is 4.76 Å². The molecule has 0 spiro atoms. The molecule has 3 N–H and O–H groups in total. The Morgan fingerprint density at radius 2 is 1.94 bits per heavy atom. The Morgan fingerprint density at radius 1 is 1.33 bits per heavy atom. The molecule has 2 unspecified atom stereocenters. The molecule has 0 aliphatic carbocycles. The van der Waals surface area contributed by atoms with Gasteiger partial charge in [0.25, 0.3) is 0 Å². The Bertz CT molecular complexity index is 358. The van der Waals surface area contributed by atoms with Crippen LogP contribution in [0.5, 0.6) is 0 Å². The van der Waals surface area contributed by atoms with Crippen molar-refractivity contribution in [2.45, 2.75) is 12.5 Å². The SMILES string of the molecule is C=CC(=O)NCC1CC[N+]([O-])(CNC(=O)C=C)N1. The molecule has 1 fully saturated rings. The Morgan fingerprint density at radius 3 is 2.56 bits per heavy atom. The summed E-state index contributed by atoms with van der Waals surface area (Å²) in [6.07, 6.45) is 2.92. The monoisotopic (exact) mass is 254 g/mol. The molecular weight excluding hydrogens is 236 g/mol. The van der Waals surface area contributed by atoms with Gasteiger partial charge in [-0.1, -0.05) is 13.2 Å². The second-order valence-electron chi connectivity index (χ2n) is 4.08. The Labute approximate surface area is 106 Å². The zero-order valence-electron chi connectivity index (χ0n) is 10.1. The number of hydrogen-bond acceptors (Lipinski definition) is 4. The number of nitrogens with zero attached hydrogens (tertiary/aromatic N) is 1. The van der Waals surface area contributed by atoms with Gasteiger partial charge in [0.15, 0.2) is 6.67 Å². The number of rotatable bonds is 6. The van der Waals surface area contributed by atoms with Gasteiger partial charge < -0.3 is 15.8 Å².